The summed E-state index contributed by atoms with van der Waals surface area (Å²) in [5, 5.41) is 3.41. The van der Waals surface area contributed by atoms with Crippen molar-refractivity contribution >= 4 is 5.82 Å². The third-order valence-corrected chi connectivity index (χ3v) is 3.31. The monoisotopic (exact) mass is 284 g/mol. The van der Waals surface area contributed by atoms with Crippen LogP contribution in [0.3, 0.4) is 0 Å². The lowest BCUT2D eigenvalue weighted by atomic mass is 10.2. The molecule has 0 radical (unpaired) electrons. The Balaban J connectivity index is 2.06. The van der Waals surface area contributed by atoms with Crippen LogP contribution in [0.15, 0.2) is 36.7 Å². The minimum atomic E-state index is 0.483. The Morgan fingerprint density at radius 2 is 2.05 bits per heavy atom. The predicted octanol–water partition coefficient (Wildman–Crippen LogP) is 2.92. The Labute approximate surface area is 127 Å². The molecule has 4 nitrogen and oxygen atoms in total. The SMILES string of the molecule is Cc1cc(CNC(C)C)cnc1N(C)Cc1ccccn1. The van der Waals surface area contributed by atoms with Crippen LogP contribution in [0.5, 0.6) is 0 Å². The molecule has 0 aromatic carbocycles. The van der Waals surface area contributed by atoms with Crippen LogP contribution in [-0.2, 0) is 13.1 Å². The summed E-state index contributed by atoms with van der Waals surface area (Å²) in [5.74, 6) is 1.01. The Morgan fingerprint density at radius 3 is 2.67 bits per heavy atom. The third kappa shape index (κ3) is 4.53. The van der Waals surface area contributed by atoms with Gasteiger partial charge in [0.1, 0.15) is 5.82 Å². The minimum Gasteiger partial charge on any atom is -0.354 e. The predicted molar refractivity (Wildman–Crippen MR) is 87.3 cm³/mol. The molecule has 0 amide bonds. The molecule has 4 heteroatoms. The molecule has 2 aromatic rings. The standard InChI is InChI=1S/C17H24N4/c1-13(2)19-10-15-9-14(3)17(20-11-15)21(4)12-16-7-5-6-8-18-16/h5-9,11,13,19H,10,12H2,1-4H3. The van der Waals surface area contributed by atoms with Gasteiger partial charge in [-0.15, -0.1) is 0 Å². The zero-order valence-electron chi connectivity index (χ0n) is 13.3. The number of nitrogens with zero attached hydrogens (tertiary/aromatic N) is 3. The van der Waals surface area contributed by atoms with Crippen LogP contribution in [0.25, 0.3) is 0 Å². The first kappa shape index (κ1) is 15.4. The number of pyridine rings is 2. The van der Waals surface area contributed by atoms with Gasteiger partial charge >= 0.3 is 0 Å². The van der Waals surface area contributed by atoms with E-state index in [0.29, 0.717) is 6.04 Å². The lowest BCUT2D eigenvalue weighted by Gasteiger charge is -2.20. The first-order valence-corrected chi connectivity index (χ1v) is 7.36. The van der Waals surface area contributed by atoms with Crippen molar-refractivity contribution in [3.05, 3.63) is 53.5 Å². The largest absolute Gasteiger partial charge is 0.354 e. The second-order valence-corrected chi connectivity index (χ2v) is 5.70. The van der Waals surface area contributed by atoms with E-state index in [2.05, 4.69) is 54.1 Å². The molecule has 2 aromatic heterocycles. The van der Waals surface area contributed by atoms with Crippen LogP contribution in [-0.4, -0.2) is 23.1 Å². The van der Waals surface area contributed by atoms with E-state index in [-0.39, 0.29) is 0 Å². The minimum absolute atomic E-state index is 0.483. The highest BCUT2D eigenvalue weighted by Crippen LogP contribution is 2.18. The maximum Gasteiger partial charge on any atom is 0.131 e. The normalized spacial score (nSPS) is 10.9. The van der Waals surface area contributed by atoms with Gasteiger partial charge in [0.2, 0.25) is 0 Å². The summed E-state index contributed by atoms with van der Waals surface area (Å²) in [4.78, 5) is 11.1. The lowest BCUT2D eigenvalue weighted by Crippen LogP contribution is -2.23. The molecule has 0 saturated carbocycles. The maximum absolute atomic E-state index is 4.61. The molecule has 0 aliphatic rings. The van der Waals surface area contributed by atoms with E-state index in [1.54, 1.807) is 0 Å². The molecule has 0 aliphatic heterocycles. The number of hydrogen-bond acceptors (Lipinski definition) is 4. The van der Waals surface area contributed by atoms with Crippen molar-refractivity contribution in [3.8, 4) is 0 Å². The first-order valence-electron chi connectivity index (χ1n) is 7.36. The topological polar surface area (TPSA) is 41.1 Å². The van der Waals surface area contributed by atoms with E-state index in [1.165, 1.54) is 11.1 Å². The van der Waals surface area contributed by atoms with E-state index in [4.69, 9.17) is 0 Å². The zero-order chi connectivity index (χ0) is 15.2. The van der Waals surface area contributed by atoms with Crippen LogP contribution in [0.4, 0.5) is 5.82 Å². The summed E-state index contributed by atoms with van der Waals surface area (Å²) >= 11 is 0. The molecular weight excluding hydrogens is 260 g/mol. The van der Waals surface area contributed by atoms with Crippen LogP contribution in [0, 0.1) is 6.92 Å². The maximum atomic E-state index is 4.61. The van der Waals surface area contributed by atoms with Crippen LogP contribution in [0.2, 0.25) is 0 Å². The number of anilines is 1. The van der Waals surface area contributed by atoms with E-state index in [9.17, 15) is 0 Å². The van der Waals surface area contributed by atoms with E-state index >= 15 is 0 Å². The highest BCUT2D eigenvalue weighted by atomic mass is 15.2. The van der Waals surface area contributed by atoms with Gasteiger partial charge in [0, 0.05) is 32.0 Å². The highest BCUT2D eigenvalue weighted by molar-refractivity contribution is 5.46. The molecule has 2 rings (SSSR count). The molecule has 112 valence electrons. The van der Waals surface area contributed by atoms with E-state index in [1.807, 2.05) is 30.6 Å². The van der Waals surface area contributed by atoms with Gasteiger partial charge in [-0.25, -0.2) is 4.98 Å². The van der Waals surface area contributed by atoms with Crippen molar-refractivity contribution in [1.29, 1.82) is 0 Å². The zero-order valence-corrected chi connectivity index (χ0v) is 13.3. The van der Waals surface area contributed by atoms with Crippen molar-refractivity contribution in [2.75, 3.05) is 11.9 Å². The van der Waals surface area contributed by atoms with Gasteiger partial charge in [-0.2, -0.15) is 0 Å². The molecular formula is C17H24N4. The van der Waals surface area contributed by atoms with Crippen molar-refractivity contribution in [2.24, 2.45) is 0 Å². The van der Waals surface area contributed by atoms with Gasteiger partial charge in [-0.05, 0) is 36.2 Å². The fourth-order valence-electron chi connectivity index (χ4n) is 2.25. The molecule has 0 fully saturated rings. The number of rotatable bonds is 6. The molecule has 2 heterocycles. The summed E-state index contributed by atoms with van der Waals surface area (Å²) in [5.41, 5.74) is 3.46. The Bertz CT molecular complexity index is 566. The molecule has 0 aliphatic carbocycles. The first-order chi connectivity index (χ1) is 10.1. The smallest absolute Gasteiger partial charge is 0.131 e. The Kier molecular flexibility index (Phi) is 5.28. The number of hydrogen-bond donors (Lipinski definition) is 1. The summed E-state index contributed by atoms with van der Waals surface area (Å²) in [6.07, 6.45) is 3.77. The van der Waals surface area contributed by atoms with Gasteiger partial charge < -0.3 is 10.2 Å². The Morgan fingerprint density at radius 1 is 1.24 bits per heavy atom. The second-order valence-electron chi connectivity index (χ2n) is 5.70. The van der Waals surface area contributed by atoms with Gasteiger partial charge in [0.15, 0.2) is 0 Å². The Hall–Kier alpha value is -1.94. The number of aromatic nitrogens is 2. The van der Waals surface area contributed by atoms with E-state index < -0.39 is 0 Å². The quantitative estimate of drug-likeness (QED) is 0.885. The van der Waals surface area contributed by atoms with Crippen molar-refractivity contribution in [2.45, 2.75) is 39.9 Å². The van der Waals surface area contributed by atoms with Gasteiger partial charge in [-0.3, -0.25) is 4.98 Å². The number of nitrogens with one attached hydrogen (secondary N) is 1. The molecule has 0 atom stereocenters. The summed E-state index contributed by atoms with van der Waals surface area (Å²) in [7, 11) is 2.05. The van der Waals surface area contributed by atoms with Crippen LogP contribution < -0.4 is 10.2 Å². The molecule has 0 spiro atoms. The van der Waals surface area contributed by atoms with Crippen molar-refractivity contribution in [3.63, 3.8) is 0 Å². The molecule has 0 bridgehead atoms. The highest BCUT2D eigenvalue weighted by Gasteiger charge is 2.08. The summed E-state index contributed by atoms with van der Waals surface area (Å²) in [6, 6.07) is 8.66. The molecule has 0 unspecified atom stereocenters. The fraction of sp³-hybridized carbons (Fsp3) is 0.412. The van der Waals surface area contributed by atoms with Crippen molar-refractivity contribution in [1.82, 2.24) is 15.3 Å². The average Bonchev–Trinajstić information content (AvgIpc) is 2.46. The molecule has 1 N–H and O–H groups in total. The average molecular weight is 284 g/mol. The second kappa shape index (κ2) is 7.18. The lowest BCUT2D eigenvalue weighted by molar-refractivity contribution is 0.587. The molecule has 21 heavy (non-hydrogen) atoms. The van der Waals surface area contributed by atoms with Gasteiger partial charge in [0.05, 0.1) is 12.2 Å². The number of aryl methyl sites for hydroxylation is 1. The summed E-state index contributed by atoms with van der Waals surface area (Å²) < 4.78 is 0. The van der Waals surface area contributed by atoms with Crippen LogP contribution in [0.1, 0.15) is 30.7 Å². The van der Waals surface area contributed by atoms with E-state index in [0.717, 1.165) is 24.6 Å². The van der Waals surface area contributed by atoms with Crippen molar-refractivity contribution < 1.29 is 0 Å². The third-order valence-electron chi connectivity index (χ3n) is 3.31. The van der Waals surface area contributed by atoms with Crippen LogP contribution >= 0.6 is 0 Å². The molecule has 0 saturated heterocycles. The van der Waals surface area contributed by atoms with Gasteiger partial charge in [0.25, 0.3) is 0 Å². The summed E-state index contributed by atoms with van der Waals surface area (Å²) in [6.45, 7) is 8.02. The fourth-order valence-corrected chi connectivity index (χ4v) is 2.25. The van der Waals surface area contributed by atoms with Gasteiger partial charge in [-0.1, -0.05) is 19.9 Å².